The topological polar surface area (TPSA) is 0 Å². The van der Waals surface area contributed by atoms with Crippen molar-refractivity contribution in [2.75, 3.05) is 0 Å². The highest BCUT2D eigenvalue weighted by atomic mass is 14.3. The van der Waals surface area contributed by atoms with Crippen molar-refractivity contribution < 1.29 is 0 Å². The molecule has 1 aliphatic rings. The van der Waals surface area contributed by atoms with Gasteiger partial charge in [-0.05, 0) is 61.6 Å². The van der Waals surface area contributed by atoms with Gasteiger partial charge in [-0.2, -0.15) is 0 Å². The summed E-state index contributed by atoms with van der Waals surface area (Å²) in [4.78, 5) is 0. The summed E-state index contributed by atoms with van der Waals surface area (Å²) >= 11 is 0. The monoisotopic (exact) mass is 334 g/mol. The Morgan fingerprint density at radius 1 is 0.600 bits per heavy atom. The van der Waals surface area contributed by atoms with Gasteiger partial charge < -0.3 is 0 Å². The minimum atomic E-state index is 0.148. The second-order valence-electron chi connectivity index (χ2n) is 10.9. The molecule has 2 aromatic carbocycles. The van der Waals surface area contributed by atoms with Crippen LogP contribution in [0.3, 0.4) is 0 Å². The minimum absolute atomic E-state index is 0.148. The summed E-state index contributed by atoms with van der Waals surface area (Å²) in [5.41, 5.74) is 10.9. The Bertz CT molecular complexity index is 815. The maximum Gasteiger partial charge on any atom is -0.00131 e. The molecule has 0 fully saturated rings. The predicted molar refractivity (Wildman–Crippen MR) is 111 cm³/mol. The number of fused-ring (bicyclic) bond motifs is 3. The van der Waals surface area contributed by atoms with Gasteiger partial charge in [0.25, 0.3) is 0 Å². The molecule has 3 rings (SSSR count). The zero-order chi connectivity index (χ0) is 18.8. The highest BCUT2D eigenvalue weighted by Gasteiger charge is 2.30. The van der Waals surface area contributed by atoms with Crippen LogP contribution in [0.5, 0.6) is 0 Å². The zero-order valence-corrected chi connectivity index (χ0v) is 17.6. The molecule has 0 bridgehead atoms. The van der Waals surface area contributed by atoms with Gasteiger partial charge in [0, 0.05) is 0 Å². The molecule has 0 radical (unpaired) electrons. The predicted octanol–water partition coefficient (Wildman–Crippen LogP) is 7.15. The summed E-state index contributed by atoms with van der Waals surface area (Å²) in [5, 5.41) is 0. The SMILES string of the molecule is CC(C)(C)c1ccc2c(c1)Cc1cc(C(C)(C)C)cc(C(C)(C)C)c1-2. The number of hydrogen-bond acceptors (Lipinski definition) is 0. The molecule has 134 valence electrons. The van der Waals surface area contributed by atoms with Gasteiger partial charge in [-0.1, -0.05) is 92.6 Å². The van der Waals surface area contributed by atoms with E-state index >= 15 is 0 Å². The Kier molecular flexibility index (Phi) is 3.99. The lowest BCUT2D eigenvalue weighted by molar-refractivity contribution is 0.569. The molecule has 0 saturated carbocycles. The van der Waals surface area contributed by atoms with Gasteiger partial charge in [-0.25, -0.2) is 0 Å². The van der Waals surface area contributed by atoms with Crippen LogP contribution < -0.4 is 0 Å². The van der Waals surface area contributed by atoms with Gasteiger partial charge in [-0.15, -0.1) is 0 Å². The van der Waals surface area contributed by atoms with Crippen LogP contribution in [0.15, 0.2) is 30.3 Å². The first-order valence-corrected chi connectivity index (χ1v) is 9.60. The van der Waals surface area contributed by atoms with E-state index in [1.54, 1.807) is 0 Å². The van der Waals surface area contributed by atoms with Crippen LogP contribution in [0, 0.1) is 0 Å². The summed E-state index contributed by atoms with van der Waals surface area (Å²) in [7, 11) is 0. The number of rotatable bonds is 0. The molecule has 0 atom stereocenters. The van der Waals surface area contributed by atoms with E-state index in [1.165, 1.54) is 38.9 Å². The first-order valence-electron chi connectivity index (χ1n) is 9.60. The van der Waals surface area contributed by atoms with E-state index in [2.05, 4.69) is 92.6 Å². The summed E-state index contributed by atoms with van der Waals surface area (Å²) < 4.78 is 0. The third-order valence-corrected chi connectivity index (χ3v) is 5.52. The van der Waals surface area contributed by atoms with Crippen molar-refractivity contribution in [2.24, 2.45) is 0 Å². The molecule has 2 aromatic rings. The molecule has 25 heavy (non-hydrogen) atoms. The van der Waals surface area contributed by atoms with Crippen molar-refractivity contribution in [3.63, 3.8) is 0 Å². The number of benzene rings is 2. The van der Waals surface area contributed by atoms with Crippen LogP contribution >= 0.6 is 0 Å². The van der Waals surface area contributed by atoms with E-state index < -0.39 is 0 Å². The maximum absolute atomic E-state index is 2.46. The van der Waals surface area contributed by atoms with Crippen LogP contribution in [0.25, 0.3) is 11.1 Å². The Morgan fingerprint density at radius 2 is 1.16 bits per heavy atom. The Hall–Kier alpha value is -1.56. The van der Waals surface area contributed by atoms with Crippen molar-refractivity contribution in [1.82, 2.24) is 0 Å². The largest absolute Gasteiger partial charge is 0.0579 e. The normalized spacial score (nSPS) is 14.4. The molecule has 0 aromatic heterocycles. The van der Waals surface area contributed by atoms with Crippen LogP contribution in [0.2, 0.25) is 0 Å². The smallest absolute Gasteiger partial charge is 0.00131 e. The van der Waals surface area contributed by atoms with Crippen LogP contribution in [0.1, 0.15) is 90.1 Å². The van der Waals surface area contributed by atoms with Gasteiger partial charge in [0.1, 0.15) is 0 Å². The lowest BCUT2D eigenvalue weighted by Crippen LogP contribution is -2.18. The molecule has 0 aliphatic heterocycles. The molecule has 0 unspecified atom stereocenters. The van der Waals surface area contributed by atoms with E-state index in [0.29, 0.717) is 0 Å². The Labute approximate surface area is 154 Å². The van der Waals surface area contributed by atoms with Crippen molar-refractivity contribution >= 4 is 0 Å². The van der Waals surface area contributed by atoms with E-state index in [1.807, 2.05) is 0 Å². The fraction of sp³-hybridized carbons (Fsp3) is 0.520. The Balaban J connectivity index is 2.24. The molecule has 0 N–H and O–H groups in total. The molecule has 0 saturated heterocycles. The minimum Gasteiger partial charge on any atom is -0.0579 e. The highest BCUT2D eigenvalue weighted by Crippen LogP contribution is 2.46. The maximum atomic E-state index is 2.46. The molecule has 0 heteroatoms. The van der Waals surface area contributed by atoms with Gasteiger partial charge >= 0.3 is 0 Å². The fourth-order valence-corrected chi connectivity index (χ4v) is 3.84. The first kappa shape index (κ1) is 18.2. The van der Waals surface area contributed by atoms with E-state index in [9.17, 15) is 0 Å². The van der Waals surface area contributed by atoms with Crippen molar-refractivity contribution in [3.8, 4) is 11.1 Å². The fourth-order valence-electron chi connectivity index (χ4n) is 3.84. The molecular weight excluding hydrogens is 300 g/mol. The lowest BCUT2D eigenvalue weighted by atomic mass is 9.76. The van der Waals surface area contributed by atoms with Gasteiger partial charge in [0.15, 0.2) is 0 Å². The zero-order valence-electron chi connectivity index (χ0n) is 17.6. The van der Waals surface area contributed by atoms with E-state index in [4.69, 9.17) is 0 Å². The van der Waals surface area contributed by atoms with Crippen molar-refractivity contribution in [2.45, 2.75) is 85.0 Å². The quantitative estimate of drug-likeness (QED) is 0.409. The Morgan fingerprint density at radius 3 is 1.68 bits per heavy atom. The highest BCUT2D eigenvalue weighted by molar-refractivity contribution is 5.81. The van der Waals surface area contributed by atoms with Crippen LogP contribution in [-0.2, 0) is 22.7 Å². The molecular formula is C25H34. The standard InChI is InChI=1S/C25H34/c1-23(2,3)18-10-11-20-16(13-18)12-17-14-19(24(4,5)6)15-21(22(17)20)25(7,8)9/h10-11,13-15H,12H2,1-9H3. The van der Waals surface area contributed by atoms with Crippen LogP contribution in [-0.4, -0.2) is 0 Å². The summed E-state index contributed by atoms with van der Waals surface area (Å²) in [6.45, 7) is 20.9. The number of hydrogen-bond donors (Lipinski definition) is 0. The molecule has 0 nitrogen and oxygen atoms in total. The van der Waals surface area contributed by atoms with E-state index in [0.717, 1.165) is 6.42 Å². The van der Waals surface area contributed by atoms with Crippen molar-refractivity contribution in [3.05, 3.63) is 58.1 Å². The molecule has 0 spiro atoms. The molecule has 1 aliphatic carbocycles. The lowest BCUT2D eigenvalue weighted by Gasteiger charge is -2.28. The van der Waals surface area contributed by atoms with Gasteiger partial charge in [0.2, 0.25) is 0 Å². The summed E-state index contributed by atoms with van der Waals surface area (Å²) in [5.74, 6) is 0. The average molecular weight is 335 g/mol. The first-order chi connectivity index (χ1) is 11.3. The van der Waals surface area contributed by atoms with Crippen LogP contribution in [0.4, 0.5) is 0 Å². The molecule has 0 amide bonds. The third-order valence-electron chi connectivity index (χ3n) is 5.52. The van der Waals surface area contributed by atoms with Crippen molar-refractivity contribution in [1.29, 1.82) is 0 Å². The third kappa shape index (κ3) is 3.28. The summed E-state index contributed by atoms with van der Waals surface area (Å²) in [6.07, 6.45) is 1.07. The van der Waals surface area contributed by atoms with E-state index in [-0.39, 0.29) is 16.2 Å². The van der Waals surface area contributed by atoms with Gasteiger partial charge in [-0.3, -0.25) is 0 Å². The van der Waals surface area contributed by atoms with Gasteiger partial charge in [0.05, 0.1) is 0 Å². The second-order valence-corrected chi connectivity index (χ2v) is 10.9. The second kappa shape index (κ2) is 5.47. The molecule has 0 heterocycles. The summed E-state index contributed by atoms with van der Waals surface area (Å²) in [6, 6.07) is 12.1. The average Bonchev–Trinajstić information content (AvgIpc) is 2.80.